The first kappa shape index (κ1) is 13.9. The maximum Gasteiger partial charge on any atom is 0.185 e. The van der Waals surface area contributed by atoms with Crippen molar-refractivity contribution in [1.29, 1.82) is 0 Å². The lowest BCUT2D eigenvalue weighted by Crippen LogP contribution is -2.24. The molecule has 7 heteroatoms. The van der Waals surface area contributed by atoms with Crippen LogP contribution in [0, 0.1) is 17.5 Å². The number of nitrogens with two attached hydrogens (primary N) is 1. The lowest BCUT2D eigenvalue weighted by molar-refractivity contribution is 0.454. The van der Waals surface area contributed by atoms with Crippen LogP contribution >= 0.6 is 0 Å². The zero-order chi connectivity index (χ0) is 15.0. The second-order valence-corrected chi connectivity index (χ2v) is 5.28. The third-order valence-corrected chi connectivity index (χ3v) is 3.89. The monoisotopic (exact) mass is 296 g/mol. The summed E-state index contributed by atoms with van der Waals surface area (Å²) in [4.78, 5) is 7.25. The largest absolute Gasteiger partial charge is 0.383 e. The summed E-state index contributed by atoms with van der Waals surface area (Å²) >= 11 is 0. The normalized spacial score (nSPS) is 16.3. The highest BCUT2D eigenvalue weighted by atomic mass is 19.2. The second-order valence-electron chi connectivity index (χ2n) is 5.28. The van der Waals surface area contributed by atoms with Crippen molar-refractivity contribution in [1.82, 2.24) is 9.97 Å². The summed E-state index contributed by atoms with van der Waals surface area (Å²) < 4.78 is 42.7. The number of rotatable bonds is 2. The van der Waals surface area contributed by atoms with Gasteiger partial charge in [0.2, 0.25) is 0 Å². The molecule has 2 aromatic rings. The van der Waals surface area contributed by atoms with Gasteiger partial charge in [0, 0.05) is 6.04 Å². The lowest BCUT2D eigenvalue weighted by Gasteiger charge is -2.24. The quantitative estimate of drug-likeness (QED) is 0.834. The number of aromatic nitrogens is 2. The van der Waals surface area contributed by atoms with E-state index in [1.807, 2.05) is 0 Å². The molecule has 1 aliphatic rings. The molecule has 0 spiro atoms. The molecule has 0 aliphatic heterocycles. The van der Waals surface area contributed by atoms with E-state index < -0.39 is 28.5 Å². The molecule has 112 valence electrons. The molecule has 1 heterocycles. The van der Waals surface area contributed by atoms with Crippen molar-refractivity contribution in [3.63, 3.8) is 0 Å². The number of hydrogen-bond donors (Lipinski definition) is 2. The Balaban J connectivity index is 2.10. The second kappa shape index (κ2) is 5.38. The van der Waals surface area contributed by atoms with Crippen LogP contribution in [0.1, 0.15) is 32.1 Å². The van der Waals surface area contributed by atoms with Crippen molar-refractivity contribution in [2.45, 2.75) is 38.1 Å². The molecule has 1 fully saturated rings. The standard InChI is InChI=1S/C14H15F3N4/c15-9-8-12(19-6-20-14(8)18)11(17)13(10(9)16)21-7-4-2-1-3-5-7/h6-7,21H,1-5H2,(H2,18,19,20). The smallest absolute Gasteiger partial charge is 0.185 e. The van der Waals surface area contributed by atoms with Crippen molar-refractivity contribution in [3.8, 4) is 0 Å². The minimum Gasteiger partial charge on any atom is -0.383 e. The van der Waals surface area contributed by atoms with Crippen LogP contribution in [0.25, 0.3) is 10.9 Å². The van der Waals surface area contributed by atoms with Gasteiger partial charge in [0.05, 0.1) is 5.39 Å². The first-order valence-corrected chi connectivity index (χ1v) is 6.92. The highest BCUT2D eigenvalue weighted by molar-refractivity contribution is 5.91. The Hall–Kier alpha value is -2.05. The molecule has 0 amide bonds. The van der Waals surface area contributed by atoms with E-state index in [0.717, 1.165) is 38.4 Å². The molecule has 1 aliphatic carbocycles. The number of hydrogen-bond acceptors (Lipinski definition) is 4. The summed E-state index contributed by atoms with van der Waals surface area (Å²) in [6, 6.07) is -0.0567. The van der Waals surface area contributed by atoms with Gasteiger partial charge in [-0.15, -0.1) is 0 Å². The number of halogens is 3. The molecular weight excluding hydrogens is 281 g/mol. The highest BCUT2D eigenvalue weighted by Gasteiger charge is 2.25. The zero-order valence-corrected chi connectivity index (χ0v) is 11.3. The Morgan fingerprint density at radius 2 is 1.71 bits per heavy atom. The van der Waals surface area contributed by atoms with Gasteiger partial charge in [-0.05, 0) is 12.8 Å². The van der Waals surface area contributed by atoms with E-state index in [2.05, 4.69) is 15.3 Å². The number of nitrogens with zero attached hydrogens (tertiary/aromatic N) is 2. The first-order chi connectivity index (χ1) is 10.1. The molecule has 0 bridgehead atoms. The summed E-state index contributed by atoms with van der Waals surface area (Å²) in [5.74, 6) is -3.70. The Labute approximate surface area is 119 Å². The van der Waals surface area contributed by atoms with Gasteiger partial charge in [-0.25, -0.2) is 23.1 Å². The van der Waals surface area contributed by atoms with Crippen molar-refractivity contribution in [2.75, 3.05) is 11.1 Å². The highest BCUT2D eigenvalue weighted by Crippen LogP contribution is 2.33. The summed E-state index contributed by atoms with van der Waals surface area (Å²) in [7, 11) is 0. The van der Waals surface area contributed by atoms with E-state index in [0.29, 0.717) is 0 Å². The predicted octanol–water partition coefficient (Wildman–Crippen LogP) is 3.37. The van der Waals surface area contributed by atoms with Gasteiger partial charge >= 0.3 is 0 Å². The number of anilines is 2. The third kappa shape index (κ3) is 2.36. The Bertz CT molecular complexity index is 684. The van der Waals surface area contributed by atoms with Gasteiger partial charge in [-0.2, -0.15) is 0 Å². The minimum absolute atomic E-state index is 0.0567. The van der Waals surface area contributed by atoms with Gasteiger partial charge in [-0.1, -0.05) is 19.3 Å². The van der Waals surface area contributed by atoms with E-state index >= 15 is 0 Å². The SMILES string of the molecule is Nc1ncnc2c(F)c(NC3CCCCC3)c(F)c(F)c12. The first-order valence-electron chi connectivity index (χ1n) is 6.92. The number of fused-ring (bicyclic) bond motifs is 1. The van der Waals surface area contributed by atoms with E-state index in [-0.39, 0.29) is 17.4 Å². The molecule has 21 heavy (non-hydrogen) atoms. The van der Waals surface area contributed by atoms with Crippen LogP contribution in [0.2, 0.25) is 0 Å². The minimum atomic E-state index is -1.27. The van der Waals surface area contributed by atoms with Gasteiger partial charge in [0.1, 0.15) is 23.3 Å². The molecule has 3 N–H and O–H groups in total. The molecule has 1 aromatic heterocycles. The van der Waals surface area contributed by atoms with Crippen molar-refractivity contribution in [3.05, 3.63) is 23.8 Å². The lowest BCUT2D eigenvalue weighted by atomic mass is 9.95. The van der Waals surface area contributed by atoms with Crippen LogP contribution < -0.4 is 11.1 Å². The molecule has 3 rings (SSSR count). The van der Waals surface area contributed by atoms with Gasteiger partial charge in [0.25, 0.3) is 0 Å². The Morgan fingerprint density at radius 3 is 2.43 bits per heavy atom. The molecule has 1 aromatic carbocycles. The van der Waals surface area contributed by atoms with Crippen molar-refractivity contribution in [2.24, 2.45) is 0 Å². The summed E-state index contributed by atoms with van der Waals surface area (Å²) in [6.07, 6.45) is 5.74. The van der Waals surface area contributed by atoms with E-state index in [9.17, 15) is 13.2 Å². The van der Waals surface area contributed by atoms with E-state index in [1.54, 1.807) is 0 Å². The molecule has 0 radical (unpaired) electrons. The zero-order valence-electron chi connectivity index (χ0n) is 11.3. The summed E-state index contributed by atoms with van der Waals surface area (Å²) in [5, 5.41) is 2.36. The van der Waals surface area contributed by atoms with Gasteiger partial charge in [0.15, 0.2) is 17.5 Å². The molecule has 1 saturated carbocycles. The van der Waals surface area contributed by atoms with Crippen LogP contribution in [0.15, 0.2) is 6.33 Å². The Kier molecular flexibility index (Phi) is 3.57. The van der Waals surface area contributed by atoms with Crippen molar-refractivity contribution < 1.29 is 13.2 Å². The average molecular weight is 296 g/mol. The number of nitrogen functional groups attached to an aromatic ring is 1. The molecule has 0 unspecified atom stereocenters. The fraction of sp³-hybridized carbons (Fsp3) is 0.429. The average Bonchev–Trinajstić information content (AvgIpc) is 2.50. The summed E-state index contributed by atoms with van der Waals surface area (Å²) in [6.45, 7) is 0. The topological polar surface area (TPSA) is 63.8 Å². The van der Waals surface area contributed by atoms with Crippen LogP contribution in [-0.4, -0.2) is 16.0 Å². The van der Waals surface area contributed by atoms with E-state index in [4.69, 9.17) is 5.73 Å². The van der Waals surface area contributed by atoms with Crippen LogP contribution in [-0.2, 0) is 0 Å². The maximum absolute atomic E-state index is 14.4. The molecule has 4 nitrogen and oxygen atoms in total. The number of nitrogens with one attached hydrogen (secondary N) is 1. The fourth-order valence-corrected chi connectivity index (χ4v) is 2.79. The van der Waals surface area contributed by atoms with Crippen molar-refractivity contribution >= 4 is 22.4 Å². The molecular formula is C14H15F3N4. The van der Waals surface area contributed by atoms with Crippen LogP contribution in [0.5, 0.6) is 0 Å². The maximum atomic E-state index is 14.4. The fourth-order valence-electron chi connectivity index (χ4n) is 2.79. The van der Waals surface area contributed by atoms with E-state index in [1.165, 1.54) is 0 Å². The predicted molar refractivity (Wildman–Crippen MR) is 74.3 cm³/mol. The van der Waals surface area contributed by atoms with Gasteiger partial charge < -0.3 is 11.1 Å². The number of benzene rings is 1. The van der Waals surface area contributed by atoms with Crippen LogP contribution in [0.4, 0.5) is 24.7 Å². The third-order valence-electron chi connectivity index (χ3n) is 3.89. The van der Waals surface area contributed by atoms with Crippen LogP contribution in [0.3, 0.4) is 0 Å². The molecule has 0 atom stereocenters. The molecule has 0 saturated heterocycles. The van der Waals surface area contributed by atoms with Gasteiger partial charge in [-0.3, -0.25) is 0 Å². The summed E-state index contributed by atoms with van der Waals surface area (Å²) in [5.41, 5.74) is 4.71. The Morgan fingerprint density at radius 1 is 1.00 bits per heavy atom.